The Morgan fingerprint density at radius 1 is 0.563 bits per heavy atom. The van der Waals surface area contributed by atoms with Gasteiger partial charge in [0.15, 0.2) is 23.8 Å². The first kappa shape index (κ1) is 54.5. The molecule has 0 saturated carbocycles. The minimum Gasteiger partial charge on any atom is -0.497 e. The van der Waals surface area contributed by atoms with Crippen molar-refractivity contribution in [3.63, 3.8) is 0 Å². The van der Waals surface area contributed by atoms with Crippen molar-refractivity contribution < 1.29 is 9.47 Å². The topological polar surface area (TPSA) is 196 Å². The van der Waals surface area contributed by atoms with Gasteiger partial charge < -0.3 is 52.0 Å². The quantitative estimate of drug-likeness (QED) is 0.0553. The number of aliphatic imine (C=N–C) groups is 3. The number of hydrogen-bond donors (Lipinski definition) is 5. The van der Waals surface area contributed by atoms with Gasteiger partial charge >= 0.3 is 0 Å². The molecule has 0 spiro atoms. The zero-order valence-electron chi connectivity index (χ0n) is 42.4. The highest BCUT2D eigenvalue weighted by atomic mass is 32.2. The molecule has 374 valence electrons. The van der Waals surface area contributed by atoms with E-state index in [1.807, 2.05) is 124 Å². The summed E-state index contributed by atoms with van der Waals surface area (Å²) < 4.78 is 10.7. The van der Waals surface area contributed by atoms with Gasteiger partial charge in [-0.15, -0.1) is 11.8 Å². The number of morpholine rings is 1. The van der Waals surface area contributed by atoms with Crippen LogP contribution in [-0.4, -0.2) is 124 Å². The summed E-state index contributed by atoms with van der Waals surface area (Å²) in [6, 6.07) is 48.9. The van der Waals surface area contributed by atoms with Gasteiger partial charge in [-0.25, -0.2) is 15.0 Å². The largest absolute Gasteiger partial charge is 0.497 e. The number of rotatable bonds is 8. The van der Waals surface area contributed by atoms with Crippen LogP contribution in [0, 0.1) is 12.3 Å². The van der Waals surface area contributed by atoms with Crippen LogP contribution in [0.5, 0.6) is 5.75 Å². The molecule has 2 heterocycles. The van der Waals surface area contributed by atoms with E-state index in [1.54, 1.807) is 28.7 Å². The molecule has 71 heavy (non-hydrogen) atoms. The fraction of sp³-hybridized carbons (Fsp3) is 0.286. The van der Waals surface area contributed by atoms with E-state index < -0.39 is 0 Å². The SMILES string of the molecule is COc1ccc(N=C(N)N(C)C)c(-c2ccccc2)c1.CSc1ccc(N=C(N)N(C)C)c(-c2ccccc2)c1.Cc1ccc(-c2ccccc2)c(N=C(N)N2CCOCC2)c1.N=C(N)N1CCCCC1. The minimum absolute atomic E-state index is 0.231. The lowest BCUT2D eigenvalue weighted by atomic mass is 10.0. The molecule has 0 aliphatic carbocycles. The number of nitrogens with two attached hydrogens (primary N) is 4. The fourth-order valence-corrected chi connectivity index (χ4v) is 7.78. The number of likely N-dealkylation sites (tertiary alicyclic amines) is 1. The zero-order chi connectivity index (χ0) is 51.1. The Kier molecular flexibility index (Phi) is 21.7. The van der Waals surface area contributed by atoms with Crippen LogP contribution in [-0.2, 0) is 4.74 Å². The molecule has 2 aliphatic heterocycles. The molecule has 0 aromatic heterocycles. The Labute approximate surface area is 425 Å². The van der Waals surface area contributed by atoms with E-state index in [2.05, 4.69) is 87.7 Å². The van der Waals surface area contributed by atoms with Crippen LogP contribution in [0.3, 0.4) is 0 Å². The van der Waals surface area contributed by atoms with Crippen molar-refractivity contribution >= 4 is 52.7 Å². The molecular formula is C56H72N12O2S. The average molecular weight is 977 g/mol. The van der Waals surface area contributed by atoms with Crippen LogP contribution in [0.2, 0.25) is 0 Å². The van der Waals surface area contributed by atoms with Crippen LogP contribution in [0.25, 0.3) is 33.4 Å². The summed E-state index contributed by atoms with van der Waals surface area (Å²) in [5.41, 5.74) is 33.7. The van der Waals surface area contributed by atoms with E-state index in [9.17, 15) is 0 Å². The van der Waals surface area contributed by atoms with E-state index in [0.717, 1.165) is 82.4 Å². The summed E-state index contributed by atoms with van der Waals surface area (Å²) >= 11 is 1.72. The fourth-order valence-electron chi connectivity index (χ4n) is 7.34. The number of piperidine rings is 1. The highest BCUT2D eigenvalue weighted by Gasteiger charge is 2.15. The number of thioether (sulfide) groups is 1. The zero-order valence-corrected chi connectivity index (χ0v) is 43.2. The average Bonchev–Trinajstić information content (AvgIpc) is 3.40. The predicted octanol–water partition coefficient (Wildman–Crippen LogP) is 9.76. The van der Waals surface area contributed by atoms with Gasteiger partial charge in [-0.05, 0) is 97.2 Å². The normalized spacial score (nSPS) is 13.8. The van der Waals surface area contributed by atoms with Crippen molar-refractivity contribution in [1.82, 2.24) is 19.6 Å². The van der Waals surface area contributed by atoms with Crippen LogP contribution in [0.15, 0.2) is 165 Å². The third-order valence-corrected chi connectivity index (χ3v) is 12.2. The lowest BCUT2D eigenvalue weighted by Crippen LogP contribution is -2.44. The van der Waals surface area contributed by atoms with Crippen LogP contribution < -0.4 is 27.7 Å². The van der Waals surface area contributed by atoms with Crippen molar-refractivity contribution in [1.29, 1.82) is 5.41 Å². The Balaban J connectivity index is 0.000000182. The van der Waals surface area contributed by atoms with E-state index in [1.165, 1.54) is 29.7 Å². The summed E-state index contributed by atoms with van der Waals surface area (Å²) in [5.74, 6) is 2.55. The molecule has 9 N–H and O–H groups in total. The van der Waals surface area contributed by atoms with Gasteiger partial charge in [0.05, 0.1) is 37.4 Å². The second kappa shape index (κ2) is 28.2. The first-order valence-corrected chi connectivity index (χ1v) is 24.9. The monoisotopic (exact) mass is 977 g/mol. The van der Waals surface area contributed by atoms with E-state index in [4.69, 9.17) is 37.8 Å². The maximum absolute atomic E-state index is 7.09. The maximum atomic E-state index is 7.09. The summed E-state index contributed by atoms with van der Waals surface area (Å²) in [6.07, 6.45) is 5.75. The van der Waals surface area contributed by atoms with Crippen molar-refractivity contribution in [2.75, 3.05) is 80.9 Å². The van der Waals surface area contributed by atoms with Crippen LogP contribution in [0.4, 0.5) is 17.1 Å². The van der Waals surface area contributed by atoms with E-state index in [-0.39, 0.29) is 5.96 Å². The standard InChI is InChI=1S/C18H21N3O.C16H19N3O.C16H19N3S.C6H13N3/c1-14-7-8-16(15-5-3-2-4-6-15)17(13-14)20-18(19)21-9-11-22-12-10-21;2*1-19(2)16(17)18-15-10-9-13(20-3)11-14(15)12-7-5-4-6-8-12;7-6(8)9-4-2-1-3-5-9/h2-8,13H,9-12H2,1H3,(H2,19,20);2*4-11H,1-3H3,(H2,17,18);1-5H2,(H3,7,8). The van der Waals surface area contributed by atoms with E-state index in [0.29, 0.717) is 31.1 Å². The molecule has 2 saturated heterocycles. The summed E-state index contributed by atoms with van der Waals surface area (Å²) in [5, 5.41) is 7.09. The number of methoxy groups -OCH3 is 1. The van der Waals surface area contributed by atoms with Crippen molar-refractivity contribution in [3.05, 3.63) is 151 Å². The van der Waals surface area contributed by atoms with Crippen LogP contribution in [0.1, 0.15) is 24.8 Å². The lowest BCUT2D eigenvalue weighted by molar-refractivity contribution is 0.0675. The molecule has 2 aliphatic rings. The molecule has 0 unspecified atom stereocenters. The Hall–Kier alpha value is -7.49. The van der Waals surface area contributed by atoms with Gasteiger partial charge in [-0.3, -0.25) is 5.41 Å². The first-order valence-electron chi connectivity index (χ1n) is 23.7. The number of nitrogens with one attached hydrogen (secondary N) is 1. The van der Waals surface area contributed by atoms with Crippen LogP contribution >= 0.6 is 11.8 Å². The molecule has 6 aromatic rings. The van der Waals surface area contributed by atoms with Gasteiger partial charge in [0.2, 0.25) is 0 Å². The van der Waals surface area contributed by atoms with Crippen molar-refractivity contribution in [3.8, 4) is 39.1 Å². The molecule has 0 amide bonds. The Morgan fingerprint density at radius 2 is 1.06 bits per heavy atom. The van der Waals surface area contributed by atoms with Gasteiger partial charge in [-0.2, -0.15) is 0 Å². The number of aryl methyl sites for hydroxylation is 1. The summed E-state index contributed by atoms with van der Waals surface area (Å²) in [7, 11) is 9.16. The number of ether oxygens (including phenoxy) is 2. The molecular weight excluding hydrogens is 905 g/mol. The first-order chi connectivity index (χ1) is 34.3. The Morgan fingerprint density at radius 3 is 1.52 bits per heavy atom. The molecule has 6 aromatic carbocycles. The van der Waals surface area contributed by atoms with E-state index >= 15 is 0 Å². The number of nitrogens with zero attached hydrogens (tertiary/aromatic N) is 7. The molecule has 8 rings (SSSR count). The van der Waals surface area contributed by atoms with Gasteiger partial charge in [-0.1, -0.05) is 103 Å². The molecule has 0 bridgehead atoms. The second-order valence-electron chi connectivity index (χ2n) is 17.1. The number of guanidine groups is 4. The lowest BCUT2D eigenvalue weighted by Gasteiger charge is -2.27. The number of hydrogen-bond acceptors (Lipinski definition) is 7. The highest BCUT2D eigenvalue weighted by Crippen LogP contribution is 2.35. The second-order valence-corrected chi connectivity index (χ2v) is 18.0. The maximum Gasteiger partial charge on any atom is 0.196 e. The molecule has 0 atom stereocenters. The predicted molar refractivity (Wildman–Crippen MR) is 300 cm³/mol. The van der Waals surface area contributed by atoms with Gasteiger partial charge in [0.1, 0.15) is 5.75 Å². The highest BCUT2D eigenvalue weighted by molar-refractivity contribution is 7.98. The summed E-state index contributed by atoms with van der Waals surface area (Å²) in [6.45, 7) is 7.03. The third-order valence-electron chi connectivity index (χ3n) is 11.5. The van der Waals surface area contributed by atoms with Crippen molar-refractivity contribution in [2.45, 2.75) is 31.1 Å². The molecule has 14 nitrogen and oxygen atoms in total. The minimum atomic E-state index is 0.231. The van der Waals surface area contributed by atoms with Crippen molar-refractivity contribution in [2.24, 2.45) is 37.9 Å². The molecule has 2 fully saturated rings. The smallest absolute Gasteiger partial charge is 0.196 e. The third kappa shape index (κ3) is 17.2. The summed E-state index contributed by atoms with van der Waals surface area (Å²) in [4.78, 5) is 22.5. The number of benzene rings is 6. The van der Waals surface area contributed by atoms with Gasteiger partial charge in [0.25, 0.3) is 0 Å². The Bertz CT molecular complexity index is 2560. The van der Waals surface area contributed by atoms with Gasteiger partial charge in [0, 0.05) is 76.0 Å². The molecule has 0 radical (unpaired) electrons. The molecule has 15 heteroatoms.